The van der Waals surface area contributed by atoms with E-state index in [9.17, 15) is 13.6 Å². The van der Waals surface area contributed by atoms with Crippen molar-refractivity contribution in [1.82, 2.24) is 4.90 Å². The predicted octanol–water partition coefficient (Wildman–Crippen LogP) is 9.67. The van der Waals surface area contributed by atoms with Crippen molar-refractivity contribution >= 4 is 17.2 Å². The third-order valence-corrected chi connectivity index (χ3v) is 8.43. The number of methoxy groups -OCH3 is 1. The molecule has 0 bridgehead atoms. The van der Waals surface area contributed by atoms with Crippen molar-refractivity contribution in [3.63, 3.8) is 0 Å². The molecule has 230 valence electrons. The number of carbonyl (C=O) groups is 1. The summed E-state index contributed by atoms with van der Waals surface area (Å²) in [6, 6.07) is 16.0. The Kier molecular flexibility index (Phi) is 12.0. The highest BCUT2D eigenvalue weighted by Gasteiger charge is 2.26. The molecule has 1 unspecified atom stereocenters. The summed E-state index contributed by atoms with van der Waals surface area (Å²) >= 11 is 0. The van der Waals surface area contributed by atoms with Crippen LogP contribution in [0, 0.1) is 23.5 Å². The van der Waals surface area contributed by atoms with Gasteiger partial charge in [0.1, 0.15) is 17.4 Å². The second-order valence-electron chi connectivity index (χ2n) is 11.9. The molecule has 1 heterocycles. The number of hydrogen-bond acceptors (Lipinski definition) is 4. The number of unbranched alkanes of at least 4 members (excludes halogenated alkanes) is 1. The van der Waals surface area contributed by atoms with Crippen LogP contribution in [0.25, 0.3) is 11.1 Å². The van der Waals surface area contributed by atoms with E-state index in [4.69, 9.17) is 9.73 Å². The maximum Gasteiger partial charge on any atom is 0.165 e. The van der Waals surface area contributed by atoms with E-state index >= 15 is 0 Å². The van der Waals surface area contributed by atoms with Crippen molar-refractivity contribution in [2.45, 2.75) is 72.1 Å². The first kappa shape index (κ1) is 32.5. The number of benzene rings is 3. The van der Waals surface area contributed by atoms with E-state index in [1.54, 1.807) is 25.3 Å². The molecular weight excluding hydrogens is 542 g/mol. The van der Waals surface area contributed by atoms with Crippen LogP contribution in [0.15, 0.2) is 65.7 Å². The van der Waals surface area contributed by atoms with E-state index in [0.717, 1.165) is 36.3 Å². The average molecular weight is 589 g/mol. The van der Waals surface area contributed by atoms with E-state index in [-0.39, 0.29) is 5.78 Å². The minimum absolute atomic E-state index is 0.0489. The fourth-order valence-electron chi connectivity index (χ4n) is 5.73. The first-order valence-electron chi connectivity index (χ1n) is 15.9. The van der Waals surface area contributed by atoms with E-state index in [1.165, 1.54) is 63.9 Å². The Morgan fingerprint density at radius 3 is 2.35 bits per heavy atom. The van der Waals surface area contributed by atoms with Gasteiger partial charge in [0.05, 0.1) is 12.8 Å². The Morgan fingerprint density at radius 1 is 0.930 bits per heavy atom. The van der Waals surface area contributed by atoms with Crippen molar-refractivity contribution in [3.8, 4) is 16.9 Å². The Morgan fingerprint density at radius 2 is 1.67 bits per heavy atom. The van der Waals surface area contributed by atoms with Gasteiger partial charge in [-0.05, 0) is 105 Å². The van der Waals surface area contributed by atoms with Crippen molar-refractivity contribution in [2.75, 3.05) is 26.7 Å². The zero-order valence-electron chi connectivity index (χ0n) is 26.2. The van der Waals surface area contributed by atoms with Gasteiger partial charge in [-0.25, -0.2) is 8.78 Å². The number of para-hydroxylation sites is 1. The number of piperidine rings is 1. The van der Waals surface area contributed by atoms with Crippen molar-refractivity contribution < 1.29 is 18.3 Å². The van der Waals surface area contributed by atoms with E-state index in [2.05, 4.69) is 11.8 Å². The summed E-state index contributed by atoms with van der Waals surface area (Å²) in [6.07, 6.45) is 9.37. The third kappa shape index (κ3) is 9.56. The number of carbonyl (C=O) groups excluding carboxylic acids is 1. The number of likely N-dealkylation sites (tertiary alicyclic amines) is 1. The molecule has 0 spiro atoms. The molecule has 2 aliphatic rings. The normalized spacial score (nSPS) is 17.3. The van der Waals surface area contributed by atoms with E-state index in [1.807, 2.05) is 38.1 Å². The Hall–Kier alpha value is -3.38. The van der Waals surface area contributed by atoms with Gasteiger partial charge in [0, 0.05) is 42.4 Å². The van der Waals surface area contributed by atoms with Gasteiger partial charge in [-0.2, -0.15) is 0 Å². The summed E-state index contributed by atoms with van der Waals surface area (Å²) in [5.74, 6) is 1.41. The molecule has 0 amide bonds. The molecule has 0 radical (unpaired) electrons. The second-order valence-corrected chi connectivity index (χ2v) is 11.9. The molecule has 1 saturated heterocycles. The summed E-state index contributed by atoms with van der Waals surface area (Å²) in [4.78, 5) is 20.3. The highest BCUT2D eigenvalue weighted by molar-refractivity contribution is 6.06. The number of rotatable bonds is 11. The molecular formula is C37H46F2N2O2. The molecule has 1 atom stereocenters. The molecule has 0 aromatic heterocycles. The van der Waals surface area contributed by atoms with Gasteiger partial charge in [-0.3, -0.25) is 9.79 Å². The highest BCUT2D eigenvalue weighted by Crippen LogP contribution is 2.32. The predicted molar refractivity (Wildman–Crippen MR) is 173 cm³/mol. The minimum Gasteiger partial charge on any atom is -0.496 e. The number of ketones is 1. The lowest BCUT2D eigenvalue weighted by atomic mass is 9.95. The first-order valence-corrected chi connectivity index (χ1v) is 15.9. The largest absolute Gasteiger partial charge is 0.496 e. The Bertz CT molecular complexity index is 1380. The van der Waals surface area contributed by atoms with Crippen LogP contribution in [-0.2, 0) is 0 Å². The third-order valence-electron chi connectivity index (χ3n) is 8.43. The van der Waals surface area contributed by atoms with Gasteiger partial charge < -0.3 is 9.64 Å². The topological polar surface area (TPSA) is 41.9 Å². The lowest BCUT2D eigenvalue weighted by Gasteiger charge is -2.32. The Labute approximate surface area is 256 Å². The van der Waals surface area contributed by atoms with E-state index < -0.39 is 11.6 Å². The fraction of sp³-hybridized carbons (Fsp3) is 0.459. The molecule has 3 aromatic rings. The van der Waals surface area contributed by atoms with Gasteiger partial charge in [0.25, 0.3) is 0 Å². The van der Waals surface area contributed by atoms with Crippen LogP contribution in [0.3, 0.4) is 0 Å². The van der Waals surface area contributed by atoms with Crippen molar-refractivity contribution in [2.24, 2.45) is 16.8 Å². The second kappa shape index (κ2) is 15.9. The van der Waals surface area contributed by atoms with Gasteiger partial charge >= 0.3 is 0 Å². The van der Waals surface area contributed by atoms with Crippen LogP contribution in [0.4, 0.5) is 14.5 Å². The fourth-order valence-corrected chi connectivity index (χ4v) is 5.73. The average Bonchev–Trinajstić information content (AvgIpc) is 3.84. The smallest absolute Gasteiger partial charge is 0.165 e. The van der Waals surface area contributed by atoms with Gasteiger partial charge in [0.2, 0.25) is 0 Å². The zero-order valence-corrected chi connectivity index (χ0v) is 26.2. The number of Topliss-reactive ketones (excluding diaryl/α,β-unsaturated/α-hetero) is 1. The molecule has 1 aliphatic heterocycles. The SMILES string of the molecule is CCC1CCCN(CC2CC2)C1.CCCCC(=O)c1cc(-c2cc(F)cc(F)c2)ccc1N=C(C)c1ccccc1OC. The van der Waals surface area contributed by atoms with Gasteiger partial charge in [-0.15, -0.1) is 0 Å². The quantitative estimate of drug-likeness (QED) is 0.165. The number of nitrogens with zero attached hydrogens (tertiary/aromatic N) is 2. The summed E-state index contributed by atoms with van der Waals surface area (Å²) < 4.78 is 32.8. The van der Waals surface area contributed by atoms with E-state index in [0.29, 0.717) is 40.3 Å². The molecule has 1 saturated carbocycles. The maximum absolute atomic E-state index is 13.7. The monoisotopic (exact) mass is 588 g/mol. The van der Waals surface area contributed by atoms with Crippen LogP contribution in [0.5, 0.6) is 5.75 Å². The first-order chi connectivity index (χ1) is 20.8. The molecule has 43 heavy (non-hydrogen) atoms. The van der Waals surface area contributed by atoms with Gasteiger partial charge in [-0.1, -0.05) is 44.9 Å². The standard InChI is InChI=1S/C26H25F2NO2.C11H21N/c1-4-5-9-25(30)23-15-18(19-13-20(27)16-21(28)14-19)11-12-24(23)29-17(2)22-8-6-7-10-26(22)31-3;1-2-10-4-3-7-12(8-10)9-11-5-6-11/h6-8,10-16H,4-5,9H2,1-3H3;10-11H,2-9H2,1H3. The summed E-state index contributed by atoms with van der Waals surface area (Å²) in [6.45, 7) is 10.4. The molecule has 3 aromatic carbocycles. The summed E-state index contributed by atoms with van der Waals surface area (Å²) in [5, 5.41) is 0. The zero-order chi connectivity index (χ0) is 30.8. The molecule has 4 nitrogen and oxygen atoms in total. The van der Waals surface area contributed by atoms with Crippen LogP contribution in [0.2, 0.25) is 0 Å². The lowest BCUT2D eigenvalue weighted by Crippen LogP contribution is -2.36. The lowest BCUT2D eigenvalue weighted by molar-refractivity contribution is 0.0980. The Balaban J connectivity index is 0.000000292. The van der Waals surface area contributed by atoms with Crippen LogP contribution in [-0.4, -0.2) is 43.1 Å². The number of hydrogen-bond donors (Lipinski definition) is 0. The van der Waals surface area contributed by atoms with Crippen LogP contribution in [0.1, 0.15) is 88.1 Å². The highest BCUT2D eigenvalue weighted by atomic mass is 19.1. The molecule has 1 aliphatic carbocycles. The van der Waals surface area contributed by atoms with Gasteiger partial charge in [0.15, 0.2) is 5.78 Å². The van der Waals surface area contributed by atoms with Crippen molar-refractivity contribution in [1.29, 1.82) is 0 Å². The molecule has 6 heteroatoms. The molecule has 2 fully saturated rings. The minimum atomic E-state index is -0.664. The molecule has 0 N–H and O–H groups in total. The van der Waals surface area contributed by atoms with Crippen molar-refractivity contribution in [3.05, 3.63) is 83.4 Å². The van der Waals surface area contributed by atoms with Crippen LogP contribution < -0.4 is 4.74 Å². The summed E-state index contributed by atoms with van der Waals surface area (Å²) in [5.41, 5.74) is 3.42. The molecule has 5 rings (SSSR count). The number of aliphatic imine (C=N–C) groups is 1. The summed E-state index contributed by atoms with van der Waals surface area (Å²) in [7, 11) is 1.60. The number of halogens is 2. The number of ether oxygens (including phenoxy) is 1. The maximum atomic E-state index is 13.7. The van der Waals surface area contributed by atoms with Crippen LogP contribution >= 0.6 is 0 Å².